The fourth-order valence-corrected chi connectivity index (χ4v) is 2.01. The molecule has 0 amide bonds. The maximum absolute atomic E-state index is 11.0. The summed E-state index contributed by atoms with van der Waals surface area (Å²) >= 11 is 0. The predicted molar refractivity (Wildman–Crippen MR) is 52.1 cm³/mol. The van der Waals surface area contributed by atoms with Crippen molar-refractivity contribution in [3.8, 4) is 11.8 Å². The summed E-state index contributed by atoms with van der Waals surface area (Å²) in [6.07, 6.45) is 9.08. The molecule has 0 aromatic rings. The van der Waals surface area contributed by atoms with Gasteiger partial charge in [-0.3, -0.25) is 0 Å². The topological polar surface area (TPSA) is 17.1 Å². The molecule has 2 fully saturated rings. The number of hydrogen-bond donors (Lipinski definition) is 0. The Labute approximate surface area is 79.9 Å². The zero-order chi connectivity index (χ0) is 9.15. The Kier molecular flexibility index (Phi) is 2.40. The maximum Gasteiger partial charge on any atom is 0.127 e. The van der Waals surface area contributed by atoms with E-state index in [9.17, 15) is 4.79 Å². The van der Waals surface area contributed by atoms with Gasteiger partial charge in [0.05, 0.1) is 0 Å². The number of rotatable bonds is 2. The SMILES string of the molecule is O=CC1(CC#CC2CC2)CCCC1. The molecule has 2 rings (SSSR count). The molecule has 0 aromatic carbocycles. The summed E-state index contributed by atoms with van der Waals surface area (Å²) in [4.78, 5) is 11.0. The van der Waals surface area contributed by atoms with Crippen LogP contribution in [0.2, 0.25) is 0 Å². The molecule has 0 unspecified atom stereocenters. The third kappa shape index (κ3) is 2.12. The maximum atomic E-state index is 11.0. The Morgan fingerprint density at radius 3 is 2.54 bits per heavy atom. The molecular formula is C12H16O. The molecule has 0 aliphatic heterocycles. The first-order valence-electron chi connectivity index (χ1n) is 5.29. The summed E-state index contributed by atoms with van der Waals surface area (Å²) in [7, 11) is 0. The number of carbonyl (C=O) groups is 1. The van der Waals surface area contributed by atoms with E-state index in [1.54, 1.807) is 0 Å². The van der Waals surface area contributed by atoms with Crippen LogP contribution in [0.25, 0.3) is 0 Å². The average Bonchev–Trinajstić information content (AvgIpc) is 2.84. The number of aldehydes is 1. The summed E-state index contributed by atoms with van der Waals surface area (Å²) in [5.41, 5.74) is -0.0537. The monoisotopic (exact) mass is 176 g/mol. The molecule has 0 spiro atoms. The van der Waals surface area contributed by atoms with E-state index in [0.29, 0.717) is 5.92 Å². The molecule has 2 aliphatic carbocycles. The summed E-state index contributed by atoms with van der Waals surface area (Å²) in [6, 6.07) is 0. The van der Waals surface area contributed by atoms with Gasteiger partial charge in [-0.1, -0.05) is 18.8 Å². The average molecular weight is 176 g/mol. The van der Waals surface area contributed by atoms with Gasteiger partial charge in [0.1, 0.15) is 6.29 Å². The summed E-state index contributed by atoms with van der Waals surface area (Å²) in [5, 5.41) is 0. The second-order valence-corrected chi connectivity index (χ2v) is 4.46. The van der Waals surface area contributed by atoms with E-state index in [0.717, 1.165) is 25.5 Å². The van der Waals surface area contributed by atoms with Crippen LogP contribution < -0.4 is 0 Å². The molecule has 1 nitrogen and oxygen atoms in total. The van der Waals surface area contributed by atoms with Gasteiger partial charge in [0.2, 0.25) is 0 Å². The van der Waals surface area contributed by atoms with Gasteiger partial charge in [-0.05, 0) is 25.7 Å². The summed E-state index contributed by atoms with van der Waals surface area (Å²) < 4.78 is 0. The van der Waals surface area contributed by atoms with Gasteiger partial charge in [0, 0.05) is 17.8 Å². The summed E-state index contributed by atoms with van der Waals surface area (Å²) in [5.74, 6) is 7.10. The first kappa shape index (κ1) is 8.81. The van der Waals surface area contributed by atoms with Crippen LogP contribution in [-0.2, 0) is 4.79 Å². The first-order chi connectivity index (χ1) is 6.35. The van der Waals surface area contributed by atoms with E-state index < -0.39 is 0 Å². The van der Waals surface area contributed by atoms with Crippen molar-refractivity contribution in [1.82, 2.24) is 0 Å². The minimum Gasteiger partial charge on any atom is -0.303 e. The molecule has 0 N–H and O–H groups in total. The van der Waals surface area contributed by atoms with Gasteiger partial charge in [-0.15, -0.1) is 5.92 Å². The highest BCUT2D eigenvalue weighted by atomic mass is 16.1. The molecule has 1 heteroatoms. The third-order valence-corrected chi connectivity index (χ3v) is 3.17. The lowest BCUT2D eigenvalue weighted by molar-refractivity contribution is -0.115. The highest BCUT2D eigenvalue weighted by Crippen LogP contribution is 2.39. The largest absolute Gasteiger partial charge is 0.303 e. The van der Waals surface area contributed by atoms with Gasteiger partial charge in [0.15, 0.2) is 0 Å². The highest BCUT2D eigenvalue weighted by molar-refractivity contribution is 5.60. The lowest BCUT2D eigenvalue weighted by atomic mass is 9.85. The smallest absolute Gasteiger partial charge is 0.127 e. The van der Waals surface area contributed by atoms with E-state index in [1.807, 2.05) is 0 Å². The molecule has 0 saturated heterocycles. The Morgan fingerprint density at radius 1 is 1.31 bits per heavy atom. The van der Waals surface area contributed by atoms with Crippen molar-refractivity contribution in [3.63, 3.8) is 0 Å². The van der Waals surface area contributed by atoms with E-state index in [-0.39, 0.29) is 5.41 Å². The molecule has 70 valence electrons. The van der Waals surface area contributed by atoms with Crippen LogP contribution in [0.4, 0.5) is 0 Å². The molecule has 13 heavy (non-hydrogen) atoms. The van der Waals surface area contributed by atoms with Crippen molar-refractivity contribution >= 4 is 6.29 Å². The Morgan fingerprint density at radius 2 is 2.00 bits per heavy atom. The van der Waals surface area contributed by atoms with Gasteiger partial charge in [-0.25, -0.2) is 0 Å². The lowest BCUT2D eigenvalue weighted by Gasteiger charge is -2.17. The molecule has 0 atom stereocenters. The Hall–Kier alpha value is -0.770. The second kappa shape index (κ2) is 3.54. The fourth-order valence-electron chi connectivity index (χ4n) is 2.01. The van der Waals surface area contributed by atoms with Crippen molar-refractivity contribution in [2.24, 2.45) is 11.3 Å². The molecule has 0 heterocycles. The van der Waals surface area contributed by atoms with Crippen molar-refractivity contribution in [2.75, 3.05) is 0 Å². The number of carbonyl (C=O) groups excluding carboxylic acids is 1. The molecule has 0 aromatic heterocycles. The van der Waals surface area contributed by atoms with E-state index >= 15 is 0 Å². The van der Waals surface area contributed by atoms with Crippen LogP contribution >= 0.6 is 0 Å². The predicted octanol–water partition coefficient (Wildman–Crippen LogP) is 2.55. The van der Waals surface area contributed by atoms with Crippen LogP contribution in [0.1, 0.15) is 44.9 Å². The van der Waals surface area contributed by atoms with Gasteiger partial charge < -0.3 is 4.79 Å². The molecule has 2 aliphatic rings. The van der Waals surface area contributed by atoms with Gasteiger partial charge in [-0.2, -0.15) is 0 Å². The Balaban J connectivity index is 1.90. The standard InChI is InChI=1S/C12H16O/c13-10-12(7-1-2-8-12)9-3-4-11-5-6-11/h10-11H,1-2,5-9H2. The quantitative estimate of drug-likeness (QED) is 0.467. The van der Waals surface area contributed by atoms with Crippen LogP contribution in [0.5, 0.6) is 0 Å². The van der Waals surface area contributed by atoms with E-state index in [4.69, 9.17) is 0 Å². The lowest BCUT2D eigenvalue weighted by Crippen LogP contribution is -2.16. The highest BCUT2D eigenvalue weighted by Gasteiger charge is 2.32. The van der Waals surface area contributed by atoms with E-state index in [2.05, 4.69) is 11.8 Å². The zero-order valence-corrected chi connectivity index (χ0v) is 8.01. The normalized spacial score (nSPS) is 24.9. The zero-order valence-electron chi connectivity index (χ0n) is 8.01. The third-order valence-electron chi connectivity index (χ3n) is 3.17. The molecular weight excluding hydrogens is 160 g/mol. The van der Waals surface area contributed by atoms with E-state index in [1.165, 1.54) is 25.7 Å². The molecule has 0 radical (unpaired) electrons. The van der Waals surface area contributed by atoms with Crippen LogP contribution in [0.3, 0.4) is 0 Å². The minimum atomic E-state index is -0.0537. The van der Waals surface area contributed by atoms with Crippen molar-refractivity contribution < 1.29 is 4.79 Å². The summed E-state index contributed by atoms with van der Waals surface area (Å²) in [6.45, 7) is 0. The molecule has 0 bridgehead atoms. The number of hydrogen-bond acceptors (Lipinski definition) is 1. The van der Waals surface area contributed by atoms with Crippen LogP contribution in [-0.4, -0.2) is 6.29 Å². The van der Waals surface area contributed by atoms with Crippen LogP contribution in [0, 0.1) is 23.2 Å². The second-order valence-electron chi connectivity index (χ2n) is 4.46. The fraction of sp³-hybridized carbons (Fsp3) is 0.750. The van der Waals surface area contributed by atoms with Crippen molar-refractivity contribution in [1.29, 1.82) is 0 Å². The van der Waals surface area contributed by atoms with Gasteiger partial charge >= 0.3 is 0 Å². The first-order valence-corrected chi connectivity index (χ1v) is 5.29. The van der Waals surface area contributed by atoms with Crippen LogP contribution in [0.15, 0.2) is 0 Å². The minimum absolute atomic E-state index is 0.0537. The Bertz CT molecular complexity index is 246. The molecule has 2 saturated carbocycles. The van der Waals surface area contributed by atoms with Gasteiger partial charge in [0.25, 0.3) is 0 Å². The van der Waals surface area contributed by atoms with Crippen molar-refractivity contribution in [2.45, 2.75) is 44.9 Å². The van der Waals surface area contributed by atoms with Crippen molar-refractivity contribution in [3.05, 3.63) is 0 Å².